The molecule has 1 fully saturated rings. The maximum absolute atomic E-state index is 13.0. The van der Waals surface area contributed by atoms with Gasteiger partial charge in [-0.15, -0.1) is 11.3 Å². The van der Waals surface area contributed by atoms with Crippen LogP contribution < -0.4 is 10.9 Å². The Morgan fingerprint density at radius 2 is 2.07 bits per heavy atom. The molecule has 1 saturated heterocycles. The number of likely N-dealkylation sites (tertiary alicyclic amines) is 1. The van der Waals surface area contributed by atoms with Gasteiger partial charge in [-0.05, 0) is 25.3 Å². The van der Waals surface area contributed by atoms with Crippen LogP contribution in [0, 0.1) is 0 Å². The van der Waals surface area contributed by atoms with Crippen molar-refractivity contribution in [1.29, 1.82) is 0 Å². The van der Waals surface area contributed by atoms with Crippen molar-refractivity contribution in [2.24, 2.45) is 0 Å². The van der Waals surface area contributed by atoms with E-state index in [1.807, 2.05) is 21.6 Å². The lowest BCUT2D eigenvalue weighted by Crippen LogP contribution is -2.28. The number of aromatic nitrogens is 2. The minimum Gasteiger partial charge on any atom is -0.365 e. The van der Waals surface area contributed by atoms with Crippen LogP contribution in [0.3, 0.4) is 0 Å². The minimum absolute atomic E-state index is 0.0647. The van der Waals surface area contributed by atoms with E-state index in [0.29, 0.717) is 25.3 Å². The highest BCUT2D eigenvalue weighted by Crippen LogP contribution is 2.32. The van der Waals surface area contributed by atoms with Gasteiger partial charge in [-0.1, -0.05) is 25.1 Å². The summed E-state index contributed by atoms with van der Waals surface area (Å²) in [6.07, 6.45) is 3.32. The molecule has 0 aliphatic carbocycles. The van der Waals surface area contributed by atoms with E-state index in [9.17, 15) is 9.59 Å². The summed E-state index contributed by atoms with van der Waals surface area (Å²) in [5.74, 6) is 0.653. The molecule has 0 saturated carbocycles. The fraction of sp³-hybridized carbons (Fsp3) is 0.450. The van der Waals surface area contributed by atoms with Gasteiger partial charge < -0.3 is 14.8 Å². The number of nitrogens with zero attached hydrogens (tertiary/aromatic N) is 3. The second-order valence-corrected chi connectivity index (χ2v) is 7.96. The van der Waals surface area contributed by atoms with Gasteiger partial charge in [0.15, 0.2) is 5.82 Å². The Hall–Kier alpha value is -2.41. The molecule has 2 aromatic heterocycles. The smallest absolute Gasteiger partial charge is 0.293 e. The summed E-state index contributed by atoms with van der Waals surface area (Å²) in [7, 11) is 0. The zero-order chi connectivity index (χ0) is 18.8. The lowest BCUT2D eigenvalue weighted by Gasteiger charge is -2.15. The number of nitrogens with one attached hydrogen (secondary N) is 1. The number of carbonyl (C=O) groups is 1. The first-order valence-corrected chi connectivity index (χ1v) is 10.4. The molecule has 3 aromatic rings. The first-order valence-electron chi connectivity index (χ1n) is 9.62. The van der Waals surface area contributed by atoms with E-state index in [1.165, 1.54) is 0 Å². The van der Waals surface area contributed by atoms with Crippen LogP contribution in [0.2, 0.25) is 0 Å². The van der Waals surface area contributed by atoms with Gasteiger partial charge in [-0.2, -0.15) is 0 Å². The summed E-state index contributed by atoms with van der Waals surface area (Å²) < 4.78 is 3.00. The molecule has 1 aromatic carbocycles. The highest BCUT2D eigenvalue weighted by molar-refractivity contribution is 7.25. The third-order valence-corrected chi connectivity index (χ3v) is 6.05. The summed E-state index contributed by atoms with van der Waals surface area (Å²) >= 11 is 1.62. The molecular formula is C20H24N4O2S. The molecule has 0 spiro atoms. The number of rotatable bonds is 7. The molecule has 1 aliphatic rings. The van der Waals surface area contributed by atoms with Crippen LogP contribution in [0.25, 0.3) is 20.4 Å². The van der Waals surface area contributed by atoms with Crippen molar-refractivity contribution < 1.29 is 4.79 Å². The molecule has 27 heavy (non-hydrogen) atoms. The van der Waals surface area contributed by atoms with E-state index in [-0.39, 0.29) is 11.5 Å². The Kier molecular flexibility index (Phi) is 5.11. The average Bonchev–Trinajstić information content (AvgIpc) is 3.24. The Morgan fingerprint density at radius 3 is 2.85 bits per heavy atom. The molecule has 0 atom stereocenters. The van der Waals surface area contributed by atoms with E-state index >= 15 is 0 Å². The topological polar surface area (TPSA) is 67.2 Å². The molecule has 1 N–H and O–H groups in total. The number of benzene rings is 1. The first-order chi connectivity index (χ1) is 13.2. The molecule has 142 valence electrons. The van der Waals surface area contributed by atoms with Crippen molar-refractivity contribution in [1.82, 2.24) is 14.5 Å². The lowest BCUT2D eigenvalue weighted by atomic mass is 10.2. The molecule has 4 rings (SSSR count). The van der Waals surface area contributed by atoms with E-state index in [0.717, 1.165) is 52.8 Å². The Morgan fingerprint density at radius 1 is 1.22 bits per heavy atom. The maximum Gasteiger partial charge on any atom is 0.293 e. The summed E-state index contributed by atoms with van der Waals surface area (Å²) in [5.41, 5.74) is 0.876. The van der Waals surface area contributed by atoms with Crippen LogP contribution in [0.4, 0.5) is 5.82 Å². The van der Waals surface area contributed by atoms with Crippen molar-refractivity contribution in [3.8, 4) is 0 Å². The van der Waals surface area contributed by atoms with Crippen molar-refractivity contribution in [2.75, 3.05) is 25.0 Å². The summed E-state index contributed by atoms with van der Waals surface area (Å²) in [5, 5.41) is 4.30. The van der Waals surface area contributed by atoms with E-state index < -0.39 is 0 Å². The predicted octanol–water partition coefficient (Wildman–Crippen LogP) is 3.45. The molecule has 0 unspecified atom stereocenters. The van der Waals surface area contributed by atoms with Gasteiger partial charge in [0.05, 0.1) is 5.52 Å². The van der Waals surface area contributed by atoms with Gasteiger partial charge in [0, 0.05) is 42.7 Å². The molecule has 1 aliphatic heterocycles. The number of hydrogen-bond acceptors (Lipinski definition) is 5. The van der Waals surface area contributed by atoms with Crippen LogP contribution in [0.15, 0.2) is 29.1 Å². The molecule has 3 heterocycles. The highest BCUT2D eigenvalue weighted by atomic mass is 32.1. The zero-order valence-corrected chi connectivity index (χ0v) is 16.3. The largest absolute Gasteiger partial charge is 0.365 e. The van der Waals surface area contributed by atoms with Crippen LogP contribution in [-0.2, 0) is 11.3 Å². The van der Waals surface area contributed by atoms with Crippen molar-refractivity contribution in [2.45, 2.75) is 39.2 Å². The number of hydrogen-bond donors (Lipinski definition) is 1. The molecule has 0 radical (unpaired) electrons. The van der Waals surface area contributed by atoms with Gasteiger partial charge in [0.25, 0.3) is 5.56 Å². The van der Waals surface area contributed by atoms with Crippen molar-refractivity contribution >= 4 is 43.5 Å². The summed E-state index contributed by atoms with van der Waals surface area (Å²) in [4.78, 5) is 32.1. The number of amides is 1. The third kappa shape index (κ3) is 3.43. The second-order valence-electron chi connectivity index (χ2n) is 6.93. The number of thiophene rings is 1. The number of aryl methyl sites for hydroxylation is 1. The number of anilines is 1. The van der Waals surface area contributed by atoms with Gasteiger partial charge in [0.1, 0.15) is 4.83 Å². The average molecular weight is 385 g/mol. The van der Waals surface area contributed by atoms with E-state index in [4.69, 9.17) is 0 Å². The highest BCUT2D eigenvalue weighted by Gasteiger charge is 2.19. The standard InChI is InChI=1S/C20H24N4O2S/c1-2-11-24-17-14-7-3-4-8-15(14)27-19(17)22-18(20(24)26)21-10-6-13-23-12-5-9-16(23)25/h3-4,7-8H,2,5-6,9-13H2,1H3,(H,21,22). The van der Waals surface area contributed by atoms with Gasteiger partial charge >= 0.3 is 0 Å². The SMILES string of the molecule is CCCn1c(=O)c(NCCCN2CCCC2=O)nc2sc3ccccc3c21. The molecule has 6 nitrogen and oxygen atoms in total. The quantitative estimate of drug-likeness (QED) is 0.634. The number of fused-ring (bicyclic) bond motifs is 3. The Bertz CT molecular complexity index is 1040. The summed E-state index contributed by atoms with van der Waals surface area (Å²) in [6, 6.07) is 8.14. The van der Waals surface area contributed by atoms with Crippen LogP contribution in [0.1, 0.15) is 32.6 Å². The van der Waals surface area contributed by atoms with Crippen molar-refractivity contribution in [3.05, 3.63) is 34.6 Å². The fourth-order valence-electron chi connectivity index (χ4n) is 3.70. The van der Waals surface area contributed by atoms with Crippen LogP contribution in [0.5, 0.6) is 0 Å². The molecule has 0 bridgehead atoms. The van der Waals surface area contributed by atoms with Crippen LogP contribution >= 0.6 is 11.3 Å². The minimum atomic E-state index is -0.0647. The monoisotopic (exact) mass is 384 g/mol. The predicted molar refractivity (Wildman–Crippen MR) is 111 cm³/mol. The Balaban J connectivity index is 1.59. The summed E-state index contributed by atoms with van der Waals surface area (Å²) in [6.45, 7) is 4.98. The number of carbonyl (C=O) groups excluding carboxylic acids is 1. The lowest BCUT2D eigenvalue weighted by molar-refractivity contribution is -0.127. The van der Waals surface area contributed by atoms with Gasteiger partial charge in [0.2, 0.25) is 5.91 Å². The molecular weight excluding hydrogens is 360 g/mol. The van der Waals surface area contributed by atoms with Crippen LogP contribution in [-0.4, -0.2) is 40.0 Å². The Labute approximate surface area is 161 Å². The van der Waals surface area contributed by atoms with Gasteiger partial charge in [-0.25, -0.2) is 4.98 Å². The normalized spacial score (nSPS) is 14.6. The van der Waals surface area contributed by atoms with Crippen molar-refractivity contribution in [3.63, 3.8) is 0 Å². The molecule has 7 heteroatoms. The van der Waals surface area contributed by atoms with Gasteiger partial charge in [-0.3, -0.25) is 9.59 Å². The van der Waals surface area contributed by atoms with E-state index in [1.54, 1.807) is 11.3 Å². The second kappa shape index (κ2) is 7.68. The maximum atomic E-state index is 13.0. The third-order valence-electron chi connectivity index (χ3n) is 5.00. The first kappa shape index (κ1) is 18.0. The van der Waals surface area contributed by atoms with E-state index in [2.05, 4.69) is 29.4 Å². The zero-order valence-electron chi connectivity index (χ0n) is 15.5. The molecule has 1 amide bonds. The fourth-order valence-corrected chi connectivity index (χ4v) is 4.79.